The van der Waals surface area contributed by atoms with E-state index in [9.17, 15) is 4.79 Å². The lowest BCUT2D eigenvalue weighted by Crippen LogP contribution is -2.28. The molecule has 1 heterocycles. The third-order valence-electron chi connectivity index (χ3n) is 2.81. The molecule has 0 unspecified atom stereocenters. The van der Waals surface area contributed by atoms with Crippen LogP contribution in [0.3, 0.4) is 0 Å². The molecule has 2 rings (SSSR count). The Morgan fingerprint density at radius 3 is 2.35 bits per heavy atom. The van der Waals surface area contributed by atoms with Gasteiger partial charge in [-0.25, -0.2) is 0 Å². The van der Waals surface area contributed by atoms with Gasteiger partial charge in [0.1, 0.15) is 5.75 Å². The number of methoxy groups -OCH3 is 1. The Morgan fingerprint density at radius 1 is 1.25 bits per heavy atom. The first-order valence-electron chi connectivity index (χ1n) is 6.24. The summed E-state index contributed by atoms with van der Waals surface area (Å²) in [5.74, 6) is 1.06. The van der Waals surface area contributed by atoms with Gasteiger partial charge >= 0.3 is 0 Å². The summed E-state index contributed by atoms with van der Waals surface area (Å²) >= 11 is 0. The quantitative estimate of drug-likeness (QED) is 0.907. The number of ether oxygens (including phenoxy) is 1. The van der Waals surface area contributed by atoms with Gasteiger partial charge in [-0.15, -0.1) is 5.10 Å². The molecular formula is C14H18N4O2. The standard InChI is InChI=1S/C14H18N4O2/c1-14(2,3)12(19)18-13(15)16-11(17-18)9-5-7-10(20-4)8-6-9/h5-8H,1-4H3,(H2,15,16,17). The Morgan fingerprint density at radius 2 is 1.85 bits per heavy atom. The fourth-order valence-corrected chi connectivity index (χ4v) is 1.65. The Hall–Kier alpha value is -2.37. The number of nitrogens with zero attached hydrogens (tertiary/aromatic N) is 3. The molecule has 1 aromatic carbocycles. The molecule has 2 aromatic rings. The van der Waals surface area contributed by atoms with Crippen molar-refractivity contribution in [1.82, 2.24) is 14.8 Å². The highest BCUT2D eigenvalue weighted by Gasteiger charge is 2.26. The lowest BCUT2D eigenvalue weighted by molar-refractivity contribution is 0.0752. The summed E-state index contributed by atoms with van der Waals surface area (Å²) in [4.78, 5) is 16.3. The van der Waals surface area contributed by atoms with Gasteiger partial charge < -0.3 is 10.5 Å². The lowest BCUT2D eigenvalue weighted by atomic mass is 9.96. The van der Waals surface area contributed by atoms with Gasteiger partial charge in [0.05, 0.1) is 7.11 Å². The number of rotatable bonds is 2. The number of nitrogen functional groups attached to an aromatic ring is 1. The Bertz CT molecular complexity index is 624. The molecule has 0 aliphatic carbocycles. The van der Waals surface area contributed by atoms with Crippen molar-refractivity contribution in [2.45, 2.75) is 20.8 Å². The third-order valence-corrected chi connectivity index (χ3v) is 2.81. The molecule has 0 aliphatic rings. The van der Waals surface area contributed by atoms with E-state index in [1.165, 1.54) is 0 Å². The summed E-state index contributed by atoms with van der Waals surface area (Å²) < 4.78 is 6.24. The van der Waals surface area contributed by atoms with Gasteiger partial charge in [-0.1, -0.05) is 20.8 Å². The minimum atomic E-state index is -0.570. The van der Waals surface area contributed by atoms with Crippen LogP contribution >= 0.6 is 0 Å². The van der Waals surface area contributed by atoms with E-state index in [1.807, 2.05) is 32.9 Å². The Kier molecular flexibility index (Phi) is 3.48. The molecule has 0 spiro atoms. The van der Waals surface area contributed by atoms with E-state index in [0.717, 1.165) is 16.0 Å². The highest BCUT2D eigenvalue weighted by molar-refractivity contribution is 5.85. The van der Waals surface area contributed by atoms with Crippen molar-refractivity contribution < 1.29 is 9.53 Å². The highest BCUT2D eigenvalue weighted by Crippen LogP contribution is 2.23. The number of hydrogen-bond acceptors (Lipinski definition) is 5. The largest absolute Gasteiger partial charge is 0.497 e. The second-order valence-corrected chi connectivity index (χ2v) is 5.49. The average Bonchev–Trinajstić information content (AvgIpc) is 2.79. The summed E-state index contributed by atoms with van der Waals surface area (Å²) in [5, 5.41) is 4.19. The molecule has 0 fully saturated rings. The fourth-order valence-electron chi connectivity index (χ4n) is 1.65. The van der Waals surface area contributed by atoms with Crippen molar-refractivity contribution in [2.75, 3.05) is 12.8 Å². The molecule has 0 radical (unpaired) electrons. The van der Waals surface area contributed by atoms with Crippen LogP contribution in [0, 0.1) is 5.41 Å². The van der Waals surface area contributed by atoms with E-state index in [0.29, 0.717) is 5.82 Å². The normalized spacial score (nSPS) is 11.4. The molecule has 0 saturated heterocycles. The summed E-state index contributed by atoms with van der Waals surface area (Å²) in [6.45, 7) is 5.43. The SMILES string of the molecule is COc1ccc(-c2nc(N)n(C(=O)C(C)(C)C)n2)cc1. The summed E-state index contributed by atoms with van der Waals surface area (Å²) in [6, 6.07) is 7.24. The molecule has 106 valence electrons. The number of aromatic nitrogens is 3. The van der Waals surface area contributed by atoms with Crippen molar-refractivity contribution in [3.05, 3.63) is 24.3 Å². The summed E-state index contributed by atoms with van der Waals surface area (Å²) in [6.07, 6.45) is 0. The van der Waals surface area contributed by atoms with E-state index in [4.69, 9.17) is 10.5 Å². The molecule has 20 heavy (non-hydrogen) atoms. The van der Waals surface area contributed by atoms with Crippen molar-refractivity contribution >= 4 is 11.9 Å². The highest BCUT2D eigenvalue weighted by atomic mass is 16.5. The van der Waals surface area contributed by atoms with E-state index >= 15 is 0 Å². The first kappa shape index (κ1) is 14.0. The predicted molar refractivity (Wildman–Crippen MR) is 76.5 cm³/mol. The number of benzene rings is 1. The molecule has 0 aliphatic heterocycles. The smallest absolute Gasteiger partial charge is 0.255 e. The topological polar surface area (TPSA) is 83.0 Å². The van der Waals surface area contributed by atoms with Gasteiger partial charge in [0.2, 0.25) is 5.95 Å². The van der Waals surface area contributed by atoms with Crippen molar-refractivity contribution in [3.63, 3.8) is 0 Å². The van der Waals surface area contributed by atoms with Crippen LogP contribution in [0.1, 0.15) is 25.6 Å². The molecule has 1 aromatic heterocycles. The van der Waals surface area contributed by atoms with Crippen molar-refractivity contribution in [1.29, 1.82) is 0 Å². The van der Waals surface area contributed by atoms with E-state index in [2.05, 4.69) is 10.1 Å². The van der Waals surface area contributed by atoms with Crippen LogP contribution in [0.25, 0.3) is 11.4 Å². The second kappa shape index (κ2) is 4.96. The molecule has 2 N–H and O–H groups in total. The van der Waals surface area contributed by atoms with Crippen LogP contribution in [0.15, 0.2) is 24.3 Å². The Balaban J connectivity index is 2.38. The van der Waals surface area contributed by atoms with Gasteiger partial charge in [0.15, 0.2) is 5.82 Å². The maximum absolute atomic E-state index is 12.2. The van der Waals surface area contributed by atoms with E-state index < -0.39 is 5.41 Å². The molecule has 0 saturated carbocycles. The average molecular weight is 274 g/mol. The van der Waals surface area contributed by atoms with E-state index in [1.54, 1.807) is 19.2 Å². The van der Waals surface area contributed by atoms with Crippen LogP contribution in [-0.4, -0.2) is 27.8 Å². The number of anilines is 1. The zero-order valence-electron chi connectivity index (χ0n) is 12.0. The minimum absolute atomic E-state index is 0.0933. The minimum Gasteiger partial charge on any atom is -0.497 e. The fraction of sp³-hybridized carbons (Fsp3) is 0.357. The van der Waals surface area contributed by atoms with Crippen LogP contribution < -0.4 is 10.5 Å². The molecule has 6 heteroatoms. The van der Waals surface area contributed by atoms with Gasteiger partial charge in [0, 0.05) is 11.0 Å². The van der Waals surface area contributed by atoms with Crippen LogP contribution in [0.4, 0.5) is 5.95 Å². The summed E-state index contributed by atoms with van der Waals surface area (Å²) in [7, 11) is 1.60. The second-order valence-electron chi connectivity index (χ2n) is 5.49. The van der Waals surface area contributed by atoms with Crippen LogP contribution in [0.2, 0.25) is 0 Å². The van der Waals surface area contributed by atoms with Crippen LogP contribution in [0.5, 0.6) is 5.75 Å². The van der Waals surface area contributed by atoms with Crippen molar-refractivity contribution in [2.24, 2.45) is 5.41 Å². The van der Waals surface area contributed by atoms with Gasteiger partial charge in [0.25, 0.3) is 5.91 Å². The number of hydrogen-bond donors (Lipinski definition) is 1. The van der Waals surface area contributed by atoms with E-state index in [-0.39, 0.29) is 11.9 Å². The first-order chi connectivity index (χ1) is 9.32. The number of carbonyl (C=O) groups excluding carboxylic acids is 1. The molecular weight excluding hydrogens is 256 g/mol. The first-order valence-corrected chi connectivity index (χ1v) is 6.24. The van der Waals surface area contributed by atoms with Crippen molar-refractivity contribution in [3.8, 4) is 17.1 Å². The van der Waals surface area contributed by atoms with Crippen LogP contribution in [-0.2, 0) is 0 Å². The van der Waals surface area contributed by atoms with Gasteiger partial charge in [-0.2, -0.15) is 9.67 Å². The molecule has 6 nitrogen and oxygen atoms in total. The molecule has 0 amide bonds. The maximum Gasteiger partial charge on any atom is 0.255 e. The number of carbonyl (C=O) groups is 1. The lowest BCUT2D eigenvalue weighted by Gasteiger charge is -2.15. The maximum atomic E-state index is 12.2. The summed E-state index contributed by atoms with van der Waals surface area (Å²) in [5.41, 5.74) is 5.98. The zero-order chi connectivity index (χ0) is 14.9. The van der Waals surface area contributed by atoms with Gasteiger partial charge in [-0.3, -0.25) is 4.79 Å². The third kappa shape index (κ3) is 2.64. The number of nitrogens with two attached hydrogens (primary N) is 1. The molecule has 0 bridgehead atoms. The Labute approximate surface area is 117 Å². The molecule has 0 atom stereocenters. The monoisotopic (exact) mass is 274 g/mol. The van der Waals surface area contributed by atoms with Gasteiger partial charge in [-0.05, 0) is 24.3 Å². The predicted octanol–water partition coefficient (Wildman–Crippen LogP) is 2.22. The zero-order valence-corrected chi connectivity index (χ0v) is 12.0.